The Morgan fingerprint density at radius 2 is 1.73 bits per heavy atom. The summed E-state index contributed by atoms with van der Waals surface area (Å²) in [5.41, 5.74) is 4.65. The highest BCUT2D eigenvalue weighted by molar-refractivity contribution is 7.99. The van der Waals surface area contributed by atoms with Gasteiger partial charge in [-0.1, -0.05) is 61.5 Å². The van der Waals surface area contributed by atoms with Gasteiger partial charge in [0.2, 0.25) is 5.88 Å². The number of nitriles is 1. The van der Waals surface area contributed by atoms with Crippen LogP contribution in [-0.2, 0) is 6.42 Å². The standard InChI is InChI=1S/C32H32N4O3S/c1-5-6-14-27-28(36(4)23-11-9-10-21(19-23)20-33)29(37)30(31(38)34-27)40-24-17-15-22(16-18-24)25-12-7-8-13-26(25)32(39)35(2)3/h7-13,15-19H,5-6,14H2,1-4H3,(H2,34,37,38). The van der Waals surface area contributed by atoms with Gasteiger partial charge in [-0.3, -0.25) is 4.79 Å². The number of aryl methyl sites for hydroxylation is 1. The van der Waals surface area contributed by atoms with E-state index < -0.39 is 0 Å². The number of carbonyl (C=O) groups excluding carboxylic acids is 1. The van der Waals surface area contributed by atoms with Gasteiger partial charge in [0.25, 0.3) is 5.91 Å². The van der Waals surface area contributed by atoms with Gasteiger partial charge >= 0.3 is 0 Å². The minimum absolute atomic E-state index is 0.0699. The quantitative estimate of drug-likeness (QED) is 0.231. The number of hydrogen-bond acceptors (Lipinski definition) is 7. The molecule has 2 N–H and O–H groups in total. The zero-order chi connectivity index (χ0) is 28.8. The first-order valence-corrected chi connectivity index (χ1v) is 13.8. The van der Waals surface area contributed by atoms with E-state index in [0.717, 1.165) is 34.6 Å². The predicted octanol–water partition coefficient (Wildman–Crippen LogP) is 6.99. The summed E-state index contributed by atoms with van der Waals surface area (Å²) >= 11 is 1.21. The molecule has 0 bridgehead atoms. The maximum Gasteiger partial charge on any atom is 0.253 e. The summed E-state index contributed by atoms with van der Waals surface area (Å²) < 4.78 is 0. The van der Waals surface area contributed by atoms with Crippen molar-refractivity contribution in [1.82, 2.24) is 9.88 Å². The first-order valence-electron chi connectivity index (χ1n) is 13.0. The maximum atomic E-state index is 12.7. The van der Waals surface area contributed by atoms with Gasteiger partial charge in [0.1, 0.15) is 10.6 Å². The van der Waals surface area contributed by atoms with Crippen LogP contribution in [-0.4, -0.2) is 47.1 Å². The van der Waals surface area contributed by atoms with Crippen molar-refractivity contribution in [2.24, 2.45) is 0 Å². The van der Waals surface area contributed by atoms with Gasteiger partial charge in [0.15, 0.2) is 5.75 Å². The summed E-state index contributed by atoms with van der Waals surface area (Å²) in [6, 6.07) is 24.4. The van der Waals surface area contributed by atoms with Gasteiger partial charge < -0.3 is 20.0 Å². The Labute approximate surface area is 239 Å². The van der Waals surface area contributed by atoms with Crippen LogP contribution >= 0.6 is 11.8 Å². The van der Waals surface area contributed by atoms with Crippen molar-refractivity contribution >= 4 is 29.0 Å². The van der Waals surface area contributed by atoms with Crippen molar-refractivity contribution < 1.29 is 15.0 Å². The molecule has 40 heavy (non-hydrogen) atoms. The third kappa shape index (κ3) is 6.05. The molecule has 0 spiro atoms. The molecule has 0 saturated heterocycles. The van der Waals surface area contributed by atoms with E-state index in [9.17, 15) is 20.3 Å². The molecular weight excluding hydrogens is 520 g/mol. The molecule has 0 aliphatic carbocycles. The number of benzene rings is 3. The minimum atomic E-state index is -0.234. The van der Waals surface area contributed by atoms with E-state index in [1.165, 1.54) is 11.8 Å². The van der Waals surface area contributed by atoms with Crippen LogP contribution in [0.5, 0.6) is 11.6 Å². The molecule has 0 saturated carbocycles. The zero-order valence-corrected chi connectivity index (χ0v) is 23.9. The number of aromatic hydroxyl groups is 2. The van der Waals surface area contributed by atoms with Gasteiger partial charge in [-0.15, -0.1) is 0 Å². The second-order valence-electron chi connectivity index (χ2n) is 9.60. The number of anilines is 2. The van der Waals surface area contributed by atoms with Crippen molar-refractivity contribution in [2.45, 2.75) is 36.0 Å². The van der Waals surface area contributed by atoms with Crippen LogP contribution < -0.4 is 4.90 Å². The summed E-state index contributed by atoms with van der Waals surface area (Å²) in [5, 5.41) is 31.7. The average molecular weight is 553 g/mol. The molecule has 1 heterocycles. The summed E-state index contributed by atoms with van der Waals surface area (Å²) in [6.07, 6.45) is 2.36. The fraction of sp³-hybridized carbons (Fsp3) is 0.219. The Morgan fingerprint density at radius 3 is 2.40 bits per heavy atom. The smallest absolute Gasteiger partial charge is 0.253 e. The fourth-order valence-corrected chi connectivity index (χ4v) is 5.28. The van der Waals surface area contributed by atoms with E-state index in [4.69, 9.17) is 0 Å². The number of amides is 1. The first-order chi connectivity index (χ1) is 19.2. The number of rotatable bonds is 9. The Kier molecular flexibility index (Phi) is 8.97. The number of hydrogen-bond donors (Lipinski definition) is 2. The molecule has 0 aliphatic rings. The van der Waals surface area contributed by atoms with Crippen LogP contribution in [0, 0.1) is 11.3 Å². The lowest BCUT2D eigenvalue weighted by atomic mass is 9.99. The number of aromatic nitrogens is 1. The van der Waals surface area contributed by atoms with Crippen molar-refractivity contribution in [3.05, 3.63) is 89.6 Å². The van der Waals surface area contributed by atoms with Crippen molar-refractivity contribution in [2.75, 3.05) is 26.0 Å². The third-order valence-electron chi connectivity index (χ3n) is 6.57. The second kappa shape index (κ2) is 12.6. The molecule has 1 aromatic heterocycles. The molecule has 8 heteroatoms. The highest BCUT2D eigenvalue weighted by Gasteiger charge is 2.24. The van der Waals surface area contributed by atoms with E-state index in [1.807, 2.05) is 61.6 Å². The van der Waals surface area contributed by atoms with Crippen molar-refractivity contribution in [3.63, 3.8) is 0 Å². The van der Waals surface area contributed by atoms with Gasteiger partial charge in [0.05, 0.1) is 17.3 Å². The van der Waals surface area contributed by atoms with E-state index in [-0.39, 0.29) is 22.4 Å². The average Bonchev–Trinajstić information content (AvgIpc) is 2.97. The van der Waals surface area contributed by atoms with E-state index in [2.05, 4.69) is 18.0 Å². The van der Waals surface area contributed by atoms with Crippen LogP contribution in [0.3, 0.4) is 0 Å². The topological polar surface area (TPSA) is 101 Å². The number of pyridine rings is 1. The van der Waals surface area contributed by atoms with E-state index >= 15 is 0 Å². The molecule has 0 aliphatic heterocycles. The first kappa shape index (κ1) is 28.5. The third-order valence-corrected chi connectivity index (χ3v) is 7.66. The van der Waals surface area contributed by atoms with Gasteiger partial charge in [-0.2, -0.15) is 5.26 Å². The van der Waals surface area contributed by atoms with Crippen LogP contribution in [0.1, 0.15) is 41.4 Å². The van der Waals surface area contributed by atoms with Crippen LogP contribution in [0.25, 0.3) is 11.1 Å². The Hall–Kier alpha value is -4.48. The highest BCUT2D eigenvalue weighted by Crippen LogP contribution is 2.48. The lowest BCUT2D eigenvalue weighted by molar-refractivity contribution is 0.0828. The number of unbranched alkanes of at least 4 members (excludes halogenated alkanes) is 1. The Balaban J connectivity index is 1.71. The van der Waals surface area contributed by atoms with Crippen LogP contribution in [0.2, 0.25) is 0 Å². The summed E-state index contributed by atoms with van der Waals surface area (Å²) in [7, 11) is 5.27. The Morgan fingerprint density at radius 1 is 1.00 bits per heavy atom. The van der Waals surface area contributed by atoms with Crippen LogP contribution in [0.4, 0.5) is 11.4 Å². The van der Waals surface area contributed by atoms with Gasteiger partial charge in [-0.25, -0.2) is 4.98 Å². The SMILES string of the molecule is CCCCc1nc(O)c(Sc2ccc(-c3ccccc3C(=O)N(C)C)cc2)c(O)c1N(C)c1cccc(C#N)c1. The normalized spacial score (nSPS) is 10.7. The molecule has 1 amide bonds. The molecule has 204 valence electrons. The lowest BCUT2D eigenvalue weighted by Gasteiger charge is -2.25. The molecule has 3 aromatic carbocycles. The monoisotopic (exact) mass is 552 g/mol. The van der Waals surface area contributed by atoms with E-state index in [0.29, 0.717) is 28.9 Å². The fourth-order valence-electron chi connectivity index (χ4n) is 4.44. The van der Waals surface area contributed by atoms with Crippen molar-refractivity contribution in [1.29, 1.82) is 5.26 Å². The molecular formula is C32H32N4O3S. The molecule has 0 fully saturated rings. The Bertz CT molecular complexity index is 1560. The highest BCUT2D eigenvalue weighted by atomic mass is 32.2. The summed E-state index contributed by atoms with van der Waals surface area (Å²) in [4.78, 5) is 21.6. The second-order valence-corrected chi connectivity index (χ2v) is 10.7. The van der Waals surface area contributed by atoms with Gasteiger partial charge in [-0.05, 0) is 60.4 Å². The summed E-state index contributed by atoms with van der Waals surface area (Å²) in [6.45, 7) is 2.07. The zero-order valence-electron chi connectivity index (χ0n) is 23.0. The molecule has 0 atom stereocenters. The number of nitrogens with zero attached hydrogens (tertiary/aromatic N) is 4. The largest absolute Gasteiger partial charge is 0.504 e. The predicted molar refractivity (Wildman–Crippen MR) is 159 cm³/mol. The molecule has 4 aromatic rings. The lowest BCUT2D eigenvalue weighted by Crippen LogP contribution is -2.22. The molecule has 0 unspecified atom stereocenters. The molecule has 0 radical (unpaired) electrons. The van der Waals surface area contributed by atoms with Crippen molar-refractivity contribution in [3.8, 4) is 28.8 Å². The van der Waals surface area contributed by atoms with E-state index in [1.54, 1.807) is 42.1 Å². The number of carbonyl (C=O) groups is 1. The maximum absolute atomic E-state index is 12.7. The summed E-state index contributed by atoms with van der Waals surface area (Å²) in [5.74, 6) is -0.378. The molecule has 4 rings (SSSR count). The van der Waals surface area contributed by atoms with Gasteiger partial charge in [0, 0.05) is 37.3 Å². The van der Waals surface area contributed by atoms with Crippen LogP contribution in [0.15, 0.2) is 82.6 Å². The minimum Gasteiger partial charge on any atom is -0.504 e. The molecule has 7 nitrogen and oxygen atoms in total.